The summed E-state index contributed by atoms with van der Waals surface area (Å²) in [6, 6.07) is 16.5. The molecule has 1 aliphatic rings. The SMILES string of the molecule is Cc1nc(Nc2ccccc2N2CCOCC2)cc(Nc2cccc(C)c2C)n1. The molecule has 2 aromatic carbocycles. The normalized spacial score (nSPS) is 14.0. The highest BCUT2D eigenvalue weighted by Gasteiger charge is 2.15. The number of aromatic nitrogens is 2. The van der Waals surface area contributed by atoms with Gasteiger partial charge in [0.05, 0.1) is 24.6 Å². The number of nitrogens with one attached hydrogen (secondary N) is 2. The van der Waals surface area contributed by atoms with E-state index in [1.807, 2.05) is 19.1 Å². The maximum absolute atomic E-state index is 5.49. The van der Waals surface area contributed by atoms with E-state index in [2.05, 4.69) is 75.7 Å². The molecule has 0 radical (unpaired) electrons. The maximum Gasteiger partial charge on any atom is 0.136 e. The molecule has 1 aromatic heterocycles. The molecule has 0 aliphatic carbocycles. The van der Waals surface area contributed by atoms with E-state index in [-0.39, 0.29) is 0 Å². The molecule has 2 heterocycles. The molecular formula is C23H27N5O. The predicted octanol–water partition coefficient (Wildman–Crippen LogP) is 4.73. The number of hydrogen-bond donors (Lipinski definition) is 2. The second-order valence-corrected chi connectivity index (χ2v) is 7.30. The van der Waals surface area contributed by atoms with E-state index in [9.17, 15) is 0 Å². The molecule has 1 fully saturated rings. The third-order valence-electron chi connectivity index (χ3n) is 5.22. The second kappa shape index (κ2) is 8.49. The zero-order valence-electron chi connectivity index (χ0n) is 17.2. The van der Waals surface area contributed by atoms with Crippen molar-refractivity contribution in [1.82, 2.24) is 9.97 Å². The molecule has 29 heavy (non-hydrogen) atoms. The lowest BCUT2D eigenvalue weighted by atomic mass is 10.1. The first-order valence-corrected chi connectivity index (χ1v) is 9.98. The van der Waals surface area contributed by atoms with E-state index < -0.39 is 0 Å². The number of ether oxygens (including phenoxy) is 1. The van der Waals surface area contributed by atoms with Crippen LogP contribution in [0.15, 0.2) is 48.5 Å². The Hall–Kier alpha value is -3.12. The lowest BCUT2D eigenvalue weighted by Gasteiger charge is -2.30. The molecule has 6 nitrogen and oxygen atoms in total. The molecule has 3 aromatic rings. The van der Waals surface area contributed by atoms with Gasteiger partial charge in [-0.1, -0.05) is 24.3 Å². The second-order valence-electron chi connectivity index (χ2n) is 7.30. The molecule has 1 saturated heterocycles. The van der Waals surface area contributed by atoms with Crippen molar-refractivity contribution in [3.63, 3.8) is 0 Å². The van der Waals surface area contributed by atoms with Crippen LogP contribution < -0.4 is 15.5 Å². The quantitative estimate of drug-likeness (QED) is 0.658. The Kier molecular flexibility index (Phi) is 5.62. The number of morpholine rings is 1. The van der Waals surface area contributed by atoms with Crippen LogP contribution >= 0.6 is 0 Å². The van der Waals surface area contributed by atoms with Crippen molar-refractivity contribution in [2.45, 2.75) is 20.8 Å². The van der Waals surface area contributed by atoms with Gasteiger partial charge in [-0.05, 0) is 50.1 Å². The first-order chi connectivity index (χ1) is 14.1. The van der Waals surface area contributed by atoms with Gasteiger partial charge >= 0.3 is 0 Å². The van der Waals surface area contributed by atoms with Crippen molar-refractivity contribution < 1.29 is 4.74 Å². The van der Waals surface area contributed by atoms with Crippen LogP contribution in [0.1, 0.15) is 17.0 Å². The number of nitrogens with zero attached hydrogens (tertiary/aromatic N) is 3. The Balaban J connectivity index is 1.60. The lowest BCUT2D eigenvalue weighted by Crippen LogP contribution is -2.36. The Morgan fingerprint density at radius 3 is 2.24 bits per heavy atom. The fourth-order valence-electron chi connectivity index (χ4n) is 3.52. The minimum Gasteiger partial charge on any atom is -0.378 e. The van der Waals surface area contributed by atoms with Crippen molar-refractivity contribution in [3.8, 4) is 0 Å². The van der Waals surface area contributed by atoms with Gasteiger partial charge in [-0.15, -0.1) is 0 Å². The van der Waals surface area contributed by atoms with E-state index in [0.717, 1.165) is 55.0 Å². The zero-order valence-corrected chi connectivity index (χ0v) is 17.2. The maximum atomic E-state index is 5.49. The molecule has 0 atom stereocenters. The summed E-state index contributed by atoms with van der Waals surface area (Å²) in [5, 5.41) is 6.93. The van der Waals surface area contributed by atoms with Gasteiger partial charge in [-0.3, -0.25) is 0 Å². The van der Waals surface area contributed by atoms with E-state index in [4.69, 9.17) is 4.74 Å². The zero-order chi connectivity index (χ0) is 20.2. The highest BCUT2D eigenvalue weighted by Crippen LogP contribution is 2.30. The Morgan fingerprint density at radius 1 is 0.828 bits per heavy atom. The fraction of sp³-hybridized carbons (Fsp3) is 0.304. The number of anilines is 5. The van der Waals surface area contributed by atoms with Crippen LogP contribution in [-0.2, 0) is 4.74 Å². The number of benzene rings is 2. The van der Waals surface area contributed by atoms with Crippen LogP contribution in [0.2, 0.25) is 0 Å². The summed E-state index contributed by atoms with van der Waals surface area (Å²) < 4.78 is 5.49. The largest absolute Gasteiger partial charge is 0.378 e. The average Bonchev–Trinajstić information content (AvgIpc) is 2.72. The van der Waals surface area contributed by atoms with Crippen molar-refractivity contribution in [2.24, 2.45) is 0 Å². The number of hydrogen-bond acceptors (Lipinski definition) is 6. The molecule has 150 valence electrons. The van der Waals surface area contributed by atoms with Crippen LogP contribution in [0.4, 0.5) is 28.7 Å². The van der Waals surface area contributed by atoms with Gasteiger partial charge in [0.1, 0.15) is 17.5 Å². The standard InChI is InChI=1S/C23H27N5O/c1-16-7-6-9-19(17(16)2)26-22-15-23(25-18(3)24-22)27-20-8-4-5-10-21(20)28-11-13-29-14-12-28/h4-10,15H,11-14H2,1-3H3,(H2,24,25,26,27). The molecule has 0 unspecified atom stereocenters. The molecule has 2 N–H and O–H groups in total. The predicted molar refractivity (Wildman–Crippen MR) is 119 cm³/mol. The van der Waals surface area contributed by atoms with Gasteiger partial charge in [0.2, 0.25) is 0 Å². The van der Waals surface area contributed by atoms with Crippen LogP contribution in [-0.4, -0.2) is 36.3 Å². The summed E-state index contributed by atoms with van der Waals surface area (Å²) >= 11 is 0. The van der Waals surface area contributed by atoms with Crippen LogP contribution in [0.25, 0.3) is 0 Å². The third kappa shape index (κ3) is 4.49. The van der Waals surface area contributed by atoms with Gasteiger partial charge in [0, 0.05) is 24.8 Å². The monoisotopic (exact) mass is 389 g/mol. The highest BCUT2D eigenvalue weighted by molar-refractivity contribution is 5.75. The minimum atomic E-state index is 0.714. The molecule has 1 aliphatic heterocycles. The van der Waals surface area contributed by atoms with Crippen molar-refractivity contribution in [3.05, 3.63) is 65.5 Å². The van der Waals surface area contributed by atoms with E-state index >= 15 is 0 Å². The Morgan fingerprint density at radius 2 is 1.48 bits per heavy atom. The van der Waals surface area contributed by atoms with Crippen molar-refractivity contribution in [1.29, 1.82) is 0 Å². The van der Waals surface area contributed by atoms with Crippen molar-refractivity contribution in [2.75, 3.05) is 41.8 Å². The van der Waals surface area contributed by atoms with Gasteiger partial charge < -0.3 is 20.3 Å². The van der Waals surface area contributed by atoms with Gasteiger partial charge in [0.25, 0.3) is 0 Å². The van der Waals surface area contributed by atoms with Gasteiger partial charge in [0.15, 0.2) is 0 Å². The van der Waals surface area contributed by atoms with E-state index in [1.165, 1.54) is 11.1 Å². The molecule has 0 bridgehead atoms. The molecule has 6 heteroatoms. The van der Waals surface area contributed by atoms with E-state index in [1.54, 1.807) is 0 Å². The number of aryl methyl sites for hydroxylation is 2. The average molecular weight is 390 g/mol. The number of rotatable bonds is 5. The third-order valence-corrected chi connectivity index (χ3v) is 5.22. The summed E-state index contributed by atoms with van der Waals surface area (Å²) in [6.45, 7) is 9.43. The summed E-state index contributed by atoms with van der Waals surface area (Å²) in [5.41, 5.74) is 5.72. The highest BCUT2D eigenvalue weighted by atomic mass is 16.5. The van der Waals surface area contributed by atoms with Crippen LogP contribution in [0, 0.1) is 20.8 Å². The Bertz CT molecular complexity index is 998. The smallest absolute Gasteiger partial charge is 0.136 e. The lowest BCUT2D eigenvalue weighted by molar-refractivity contribution is 0.123. The topological polar surface area (TPSA) is 62.3 Å². The van der Waals surface area contributed by atoms with Crippen LogP contribution in [0.3, 0.4) is 0 Å². The summed E-state index contributed by atoms with van der Waals surface area (Å²) in [5.74, 6) is 2.26. The van der Waals surface area contributed by atoms with Gasteiger partial charge in [-0.2, -0.15) is 0 Å². The van der Waals surface area contributed by atoms with E-state index in [0.29, 0.717) is 5.82 Å². The molecule has 4 rings (SSSR count). The Labute approximate surface area is 172 Å². The minimum absolute atomic E-state index is 0.714. The molecule has 0 saturated carbocycles. The molecular weight excluding hydrogens is 362 g/mol. The summed E-state index contributed by atoms with van der Waals surface area (Å²) in [6.07, 6.45) is 0. The summed E-state index contributed by atoms with van der Waals surface area (Å²) in [7, 11) is 0. The summed E-state index contributed by atoms with van der Waals surface area (Å²) in [4.78, 5) is 11.5. The first kappa shape index (κ1) is 19.2. The van der Waals surface area contributed by atoms with Gasteiger partial charge in [-0.25, -0.2) is 9.97 Å². The first-order valence-electron chi connectivity index (χ1n) is 9.98. The molecule has 0 spiro atoms. The van der Waals surface area contributed by atoms with Crippen molar-refractivity contribution >= 4 is 28.7 Å². The fourth-order valence-corrected chi connectivity index (χ4v) is 3.52. The number of para-hydroxylation sites is 2. The molecule has 0 amide bonds. The van der Waals surface area contributed by atoms with Crippen LogP contribution in [0.5, 0.6) is 0 Å².